The molecule has 0 heterocycles. The standard InChI is InChI=1S/C15H26N2O4/c1-3-21-14(19)9-11-17(2)13(18)8-10-16-15(20)12-6-4-5-7-12/h12H,3-11H2,1-2H3,(H,16,20). The minimum absolute atomic E-state index is 0.0643. The first-order valence-corrected chi connectivity index (χ1v) is 7.72. The van der Waals surface area contributed by atoms with Crippen LogP contribution >= 0.6 is 0 Å². The number of esters is 1. The van der Waals surface area contributed by atoms with E-state index in [2.05, 4.69) is 5.32 Å². The fourth-order valence-electron chi connectivity index (χ4n) is 2.43. The molecule has 0 saturated heterocycles. The third-order valence-corrected chi connectivity index (χ3v) is 3.75. The van der Waals surface area contributed by atoms with E-state index in [0.717, 1.165) is 25.7 Å². The van der Waals surface area contributed by atoms with Gasteiger partial charge in [0.05, 0.1) is 13.0 Å². The summed E-state index contributed by atoms with van der Waals surface area (Å²) in [5.41, 5.74) is 0. The molecule has 1 aliphatic rings. The van der Waals surface area contributed by atoms with E-state index in [4.69, 9.17) is 4.74 Å². The maximum Gasteiger partial charge on any atom is 0.307 e. The maximum absolute atomic E-state index is 11.8. The first-order valence-electron chi connectivity index (χ1n) is 7.72. The van der Waals surface area contributed by atoms with Crippen LogP contribution in [0.1, 0.15) is 45.4 Å². The lowest BCUT2D eigenvalue weighted by Gasteiger charge is -2.17. The van der Waals surface area contributed by atoms with Crippen LogP contribution in [-0.4, -0.2) is 49.4 Å². The minimum Gasteiger partial charge on any atom is -0.466 e. The van der Waals surface area contributed by atoms with E-state index in [1.54, 1.807) is 14.0 Å². The average molecular weight is 298 g/mol. The molecule has 21 heavy (non-hydrogen) atoms. The van der Waals surface area contributed by atoms with Crippen molar-refractivity contribution in [3.63, 3.8) is 0 Å². The molecule has 0 bridgehead atoms. The summed E-state index contributed by atoms with van der Waals surface area (Å²) in [7, 11) is 1.65. The Hall–Kier alpha value is -1.59. The van der Waals surface area contributed by atoms with E-state index in [1.807, 2.05) is 0 Å². The molecule has 0 aromatic heterocycles. The maximum atomic E-state index is 11.8. The number of hydrogen-bond donors (Lipinski definition) is 1. The van der Waals surface area contributed by atoms with Crippen LogP contribution in [0.25, 0.3) is 0 Å². The molecule has 1 rings (SSSR count). The summed E-state index contributed by atoms with van der Waals surface area (Å²) in [6.45, 7) is 2.80. The number of nitrogens with one attached hydrogen (secondary N) is 1. The van der Waals surface area contributed by atoms with E-state index < -0.39 is 0 Å². The lowest BCUT2D eigenvalue weighted by Crippen LogP contribution is -2.35. The highest BCUT2D eigenvalue weighted by atomic mass is 16.5. The zero-order chi connectivity index (χ0) is 15.7. The van der Waals surface area contributed by atoms with Gasteiger partial charge in [0, 0.05) is 32.5 Å². The van der Waals surface area contributed by atoms with Crippen LogP contribution in [0.15, 0.2) is 0 Å². The molecule has 1 aliphatic carbocycles. The highest BCUT2D eigenvalue weighted by molar-refractivity contribution is 5.80. The molecule has 1 saturated carbocycles. The smallest absolute Gasteiger partial charge is 0.307 e. The molecule has 0 aromatic rings. The number of rotatable bonds is 8. The van der Waals surface area contributed by atoms with Gasteiger partial charge in [0.1, 0.15) is 0 Å². The molecule has 0 atom stereocenters. The number of carbonyl (C=O) groups excluding carboxylic acids is 3. The van der Waals surface area contributed by atoms with Crippen LogP contribution in [0.5, 0.6) is 0 Å². The fourth-order valence-corrected chi connectivity index (χ4v) is 2.43. The highest BCUT2D eigenvalue weighted by Crippen LogP contribution is 2.24. The monoisotopic (exact) mass is 298 g/mol. The summed E-state index contributed by atoms with van der Waals surface area (Å²) < 4.78 is 4.81. The first-order chi connectivity index (χ1) is 10.0. The summed E-state index contributed by atoms with van der Waals surface area (Å²) in [5, 5.41) is 2.82. The van der Waals surface area contributed by atoms with Gasteiger partial charge in [-0.1, -0.05) is 12.8 Å². The first kappa shape index (κ1) is 17.5. The van der Waals surface area contributed by atoms with Crippen molar-refractivity contribution >= 4 is 17.8 Å². The Morgan fingerprint density at radius 3 is 2.48 bits per heavy atom. The Kier molecular flexibility index (Phi) is 7.79. The van der Waals surface area contributed by atoms with Gasteiger partial charge in [-0.25, -0.2) is 0 Å². The van der Waals surface area contributed by atoms with Gasteiger partial charge in [0.15, 0.2) is 0 Å². The number of hydrogen-bond acceptors (Lipinski definition) is 4. The summed E-state index contributed by atoms with van der Waals surface area (Å²) in [5.74, 6) is -0.186. The van der Waals surface area contributed by atoms with Gasteiger partial charge in [0.2, 0.25) is 11.8 Å². The molecule has 1 fully saturated rings. The molecule has 120 valence electrons. The molecule has 0 aromatic carbocycles. The Balaban J connectivity index is 2.14. The minimum atomic E-state index is -0.299. The fraction of sp³-hybridized carbons (Fsp3) is 0.800. The van der Waals surface area contributed by atoms with Crippen molar-refractivity contribution in [1.29, 1.82) is 0 Å². The summed E-state index contributed by atoms with van der Waals surface area (Å²) >= 11 is 0. The van der Waals surface area contributed by atoms with Crippen molar-refractivity contribution in [3.8, 4) is 0 Å². The van der Waals surface area contributed by atoms with Crippen LogP contribution in [-0.2, 0) is 19.1 Å². The van der Waals surface area contributed by atoms with Crippen LogP contribution in [0.2, 0.25) is 0 Å². The van der Waals surface area contributed by atoms with Gasteiger partial charge in [0.25, 0.3) is 0 Å². The SMILES string of the molecule is CCOC(=O)CCN(C)C(=O)CCNC(=O)C1CCCC1. The van der Waals surface area contributed by atoms with Crippen LogP contribution in [0, 0.1) is 5.92 Å². The van der Waals surface area contributed by atoms with E-state index in [1.165, 1.54) is 4.90 Å². The Morgan fingerprint density at radius 2 is 1.86 bits per heavy atom. The number of nitrogens with zero attached hydrogens (tertiary/aromatic N) is 1. The third-order valence-electron chi connectivity index (χ3n) is 3.75. The van der Waals surface area contributed by atoms with Gasteiger partial charge in [-0.3, -0.25) is 14.4 Å². The summed E-state index contributed by atoms with van der Waals surface area (Å²) in [6, 6.07) is 0. The zero-order valence-corrected chi connectivity index (χ0v) is 13.0. The second kappa shape index (κ2) is 9.37. The second-order valence-corrected chi connectivity index (χ2v) is 5.39. The van der Waals surface area contributed by atoms with Crippen LogP contribution in [0.3, 0.4) is 0 Å². The number of amides is 2. The Labute approximate surface area is 126 Å². The van der Waals surface area contributed by atoms with E-state index in [9.17, 15) is 14.4 Å². The van der Waals surface area contributed by atoms with Crippen LogP contribution < -0.4 is 5.32 Å². The lowest BCUT2D eigenvalue weighted by atomic mass is 10.1. The van der Waals surface area contributed by atoms with Crippen molar-refractivity contribution < 1.29 is 19.1 Å². The van der Waals surface area contributed by atoms with Gasteiger partial charge in [-0.2, -0.15) is 0 Å². The van der Waals surface area contributed by atoms with E-state index in [-0.39, 0.29) is 36.5 Å². The molecule has 6 nitrogen and oxygen atoms in total. The van der Waals surface area contributed by atoms with Gasteiger partial charge < -0.3 is 15.0 Å². The predicted octanol–water partition coefficient (Wildman–Crippen LogP) is 1.09. The quantitative estimate of drug-likeness (QED) is 0.681. The van der Waals surface area contributed by atoms with Crippen molar-refractivity contribution in [1.82, 2.24) is 10.2 Å². The van der Waals surface area contributed by atoms with Crippen molar-refractivity contribution in [3.05, 3.63) is 0 Å². The molecule has 0 radical (unpaired) electrons. The Bertz CT molecular complexity index is 365. The van der Waals surface area contributed by atoms with E-state index >= 15 is 0 Å². The molecular weight excluding hydrogens is 272 g/mol. The van der Waals surface area contributed by atoms with Crippen molar-refractivity contribution in [2.45, 2.75) is 45.4 Å². The van der Waals surface area contributed by atoms with Crippen molar-refractivity contribution in [2.24, 2.45) is 5.92 Å². The predicted molar refractivity (Wildman–Crippen MR) is 78.5 cm³/mol. The third kappa shape index (κ3) is 6.60. The van der Waals surface area contributed by atoms with Gasteiger partial charge in [-0.05, 0) is 19.8 Å². The normalized spacial score (nSPS) is 14.8. The van der Waals surface area contributed by atoms with Gasteiger partial charge in [-0.15, -0.1) is 0 Å². The molecule has 0 spiro atoms. The van der Waals surface area contributed by atoms with E-state index in [0.29, 0.717) is 19.7 Å². The molecule has 1 N–H and O–H groups in total. The van der Waals surface area contributed by atoms with Crippen LogP contribution in [0.4, 0.5) is 0 Å². The molecule has 2 amide bonds. The molecule has 0 unspecified atom stereocenters. The number of carbonyl (C=O) groups is 3. The summed E-state index contributed by atoms with van der Waals surface area (Å²) in [6.07, 6.45) is 4.61. The lowest BCUT2D eigenvalue weighted by molar-refractivity contribution is -0.143. The molecule has 6 heteroatoms. The molecular formula is C15H26N2O4. The largest absolute Gasteiger partial charge is 0.466 e. The topological polar surface area (TPSA) is 75.7 Å². The number of ether oxygens (including phenoxy) is 1. The zero-order valence-electron chi connectivity index (χ0n) is 13.0. The molecule has 0 aliphatic heterocycles. The highest BCUT2D eigenvalue weighted by Gasteiger charge is 2.22. The van der Waals surface area contributed by atoms with Gasteiger partial charge >= 0.3 is 5.97 Å². The summed E-state index contributed by atoms with van der Waals surface area (Å²) in [4.78, 5) is 36.3. The average Bonchev–Trinajstić information content (AvgIpc) is 2.99. The second-order valence-electron chi connectivity index (χ2n) is 5.39. The Morgan fingerprint density at radius 1 is 1.19 bits per heavy atom. The van der Waals surface area contributed by atoms with Crippen molar-refractivity contribution in [2.75, 3.05) is 26.7 Å².